The second kappa shape index (κ2) is 12.9. The van der Waals surface area contributed by atoms with Crippen LogP contribution in [0.15, 0.2) is 0 Å². The normalized spacial score (nSPS) is 29.6. The summed E-state index contributed by atoms with van der Waals surface area (Å²) in [4.78, 5) is 0. The summed E-state index contributed by atoms with van der Waals surface area (Å²) in [7, 11) is 0.184. The summed E-state index contributed by atoms with van der Waals surface area (Å²) in [5.74, 6) is 0. The van der Waals surface area contributed by atoms with Crippen LogP contribution >= 0.6 is 18.1 Å². The van der Waals surface area contributed by atoms with Crippen LogP contribution < -0.4 is 0 Å². The van der Waals surface area contributed by atoms with Crippen molar-refractivity contribution in [1.82, 2.24) is 0 Å². The van der Waals surface area contributed by atoms with Gasteiger partial charge in [-0.2, -0.15) is 0 Å². The maximum Gasteiger partial charge on any atom is 0.176 e. The first-order valence-electron chi connectivity index (χ1n) is 9.50. The predicted molar refractivity (Wildman–Crippen MR) is 99.6 cm³/mol. The zero-order valence-electron chi connectivity index (χ0n) is 15.0. The molecule has 0 N–H and O–H groups in total. The molecule has 0 aliphatic carbocycles. The fourth-order valence-electron chi connectivity index (χ4n) is 3.08. The average molecular weight is 380 g/mol. The van der Waals surface area contributed by atoms with Gasteiger partial charge in [0.1, 0.15) is 0 Å². The van der Waals surface area contributed by atoms with E-state index in [0.29, 0.717) is 19.8 Å². The van der Waals surface area contributed by atoms with Gasteiger partial charge < -0.3 is 22.8 Å². The lowest BCUT2D eigenvalue weighted by Crippen LogP contribution is -2.51. The van der Waals surface area contributed by atoms with Gasteiger partial charge in [0.15, 0.2) is 24.4 Å². The predicted octanol–water partition coefficient (Wildman–Crippen LogP) is 5.35. The molecule has 0 radical (unpaired) electrons. The van der Waals surface area contributed by atoms with Crippen molar-refractivity contribution in [2.24, 2.45) is 5.41 Å². The second-order valence-electron chi connectivity index (χ2n) is 6.90. The first-order chi connectivity index (χ1) is 11.9. The molecule has 0 saturated carbocycles. The summed E-state index contributed by atoms with van der Waals surface area (Å²) in [5.41, 5.74) is -0.283. The topological polar surface area (TPSA) is 46.2 Å². The van der Waals surface area contributed by atoms with Crippen LogP contribution in [0.1, 0.15) is 71.1 Å². The molecule has 0 aromatic carbocycles. The molecular weight excluding hydrogens is 346 g/mol. The van der Waals surface area contributed by atoms with Crippen LogP contribution in [-0.4, -0.2) is 32.7 Å². The minimum atomic E-state index is -0.283. The van der Waals surface area contributed by atoms with E-state index in [4.69, 9.17) is 22.8 Å². The molecule has 2 fully saturated rings. The third-order valence-corrected chi connectivity index (χ3v) is 5.77. The van der Waals surface area contributed by atoms with Crippen LogP contribution in [0.25, 0.3) is 0 Å². The van der Waals surface area contributed by atoms with Crippen LogP contribution in [0.2, 0.25) is 0 Å². The Balaban J connectivity index is 1.47. The summed E-state index contributed by atoms with van der Waals surface area (Å²) >= 11 is 0. The van der Waals surface area contributed by atoms with E-state index in [1.54, 1.807) is 0 Å². The summed E-state index contributed by atoms with van der Waals surface area (Å²) in [5, 5.41) is 0. The zero-order chi connectivity index (χ0) is 16.9. The minimum Gasteiger partial charge on any atom is -0.351 e. The highest BCUT2D eigenvalue weighted by Crippen LogP contribution is 2.43. The summed E-state index contributed by atoms with van der Waals surface area (Å²) in [6.45, 7) is 4.80. The highest BCUT2D eigenvalue weighted by atomic mass is 31.1. The lowest BCUT2D eigenvalue weighted by atomic mass is 9.90. The lowest BCUT2D eigenvalue weighted by molar-refractivity contribution is -0.211. The SMILES string of the molecule is CCCCCCCCCCCCOC1OPOCC12COPOC2. The van der Waals surface area contributed by atoms with E-state index in [0.717, 1.165) is 13.0 Å². The van der Waals surface area contributed by atoms with E-state index < -0.39 is 0 Å². The molecule has 0 amide bonds. The first kappa shape index (κ1) is 21.0. The molecule has 0 aromatic rings. The van der Waals surface area contributed by atoms with Crippen molar-refractivity contribution in [3.05, 3.63) is 0 Å². The van der Waals surface area contributed by atoms with E-state index in [-0.39, 0.29) is 29.8 Å². The van der Waals surface area contributed by atoms with Gasteiger partial charge in [-0.3, -0.25) is 0 Å². The zero-order valence-corrected chi connectivity index (χ0v) is 17.0. The van der Waals surface area contributed by atoms with Crippen molar-refractivity contribution < 1.29 is 22.8 Å². The maximum absolute atomic E-state index is 6.00. The molecule has 2 rings (SSSR count). The molecule has 5 nitrogen and oxygen atoms in total. The van der Waals surface area contributed by atoms with E-state index in [1.807, 2.05) is 0 Å². The smallest absolute Gasteiger partial charge is 0.176 e. The maximum atomic E-state index is 6.00. The number of unbranched alkanes of at least 4 members (excludes halogenated alkanes) is 9. The molecule has 142 valence electrons. The van der Waals surface area contributed by atoms with E-state index in [1.165, 1.54) is 57.8 Å². The van der Waals surface area contributed by atoms with Crippen molar-refractivity contribution in [3.8, 4) is 0 Å². The minimum absolute atomic E-state index is 0.0579. The van der Waals surface area contributed by atoms with Gasteiger partial charge in [0.25, 0.3) is 0 Å². The molecule has 0 bridgehead atoms. The fourth-order valence-corrected chi connectivity index (χ4v) is 4.68. The molecule has 2 aliphatic rings. The Morgan fingerprint density at radius 3 is 1.96 bits per heavy atom. The Morgan fingerprint density at radius 1 is 0.792 bits per heavy atom. The molecule has 7 heteroatoms. The van der Waals surface area contributed by atoms with Crippen LogP contribution in [0.3, 0.4) is 0 Å². The quantitative estimate of drug-likeness (QED) is 0.337. The van der Waals surface area contributed by atoms with Crippen molar-refractivity contribution in [2.45, 2.75) is 77.4 Å². The Bertz CT molecular complexity index is 305. The van der Waals surface area contributed by atoms with E-state index in [9.17, 15) is 0 Å². The van der Waals surface area contributed by atoms with Gasteiger partial charge in [0.2, 0.25) is 0 Å². The monoisotopic (exact) mass is 380 g/mol. The molecule has 2 heterocycles. The third-order valence-electron chi connectivity index (χ3n) is 4.68. The number of hydrogen-bond donors (Lipinski definition) is 0. The van der Waals surface area contributed by atoms with Gasteiger partial charge in [-0.05, 0) is 6.42 Å². The highest BCUT2D eigenvalue weighted by Gasteiger charge is 2.46. The van der Waals surface area contributed by atoms with Crippen LogP contribution in [-0.2, 0) is 22.8 Å². The van der Waals surface area contributed by atoms with Crippen LogP contribution in [0.4, 0.5) is 0 Å². The molecule has 1 spiro atoms. The van der Waals surface area contributed by atoms with E-state index in [2.05, 4.69) is 6.92 Å². The Kier molecular flexibility index (Phi) is 11.3. The van der Waals surface area contributed by atoms with Gasteiger partial charge in [-0.15, -0.1) is 0 Å². The van der Waals surface area contributed by atoms with Crippen molar-refractivity contribution in [1.29, 1.82) is 0 Å². The molecule has 2 saturated heterocycles. The Morgan fingerprint density at radius 2 is 1.33 bits per heavy atom. The van der Waals surface area contributed by atoms with Crippen LogP contribution in [0, 0.1) is 5.41 Å². The highest BCUT2D eigenvalue weighted by molar-refractivity contribution is 7.26. The molecule has 2 aliphatic heterocycles. The molecule has 2 atom stereocenters. The van der Waals surface area contributed by atoms with Gasteiger partial charge in [0.05, 0.1) is 25.2 Å². The molecule has 0 aromatic heterocycles. The van der Waals surface area contributed by atoms with Gasteiger partial charge in [-0.1, -0.05) is 64.7 Å². The second-order valence-corrected chi connectivity index (χ2v) is 8.33. The van der Waals surface area contributed by atoms with Gasteiger partial charge >= 0.3 is 0 Å². The number of hydrogen-bond acceptors (Lipinski definition) is 5. The third kappa shape index (κ3) is 7.50. The molecule has 24 heavy (non-hydrogen) atoms. The average Bonchev–Trinajstić information content (AvgIpc) is 2.62. The van der Waals surface area contributed by atoms with Gasteiger partial charge in [0, 0.05) is 6.61 Å². The molecular formula is C17H34O5P2. The summed E-state index contributed by atoms with van der Waals surface area (Å²) in [6, 6.07) is 0. The van der Waals surface area contributed by atoms with E-state index >= 15 is 0 Å². The summed E-state index contributed by atoms with van der Waals surface area (Å²) in [6.07, 6.45) is 13.1. The number of rotatable bonds is 12. The first-order valence-corrected chi connectivity index (χ1v) is 11.1. The van der Waals surface area contributed by atoms with Crippen LogP contribution in [0.5, 0.6) is 0 Å². The Hall–Kier alpha value is 0.660. The van der Waals surface area contributed by atoms with Crippen molar-refractivity contribution in [2.75, 3.05) is 26.4 Å². The lowest BCUT2D eigenvalue weighted by Gasteiger charge is -2.43. The fraction of sp³-hybridized carbons (Fsp3) is 1.00. The molecule has 2 unspecified atom stereocenters. The standard InChI is InChI=1S/C17H34O5P2/c1-2-3-4-5-6-7-8-9-10-11-12-18-16-17(15-21-24-22-16)13-19-23-20-14-17/h16,23-24H,2-15H2,1H3. The number of ether oxygens (including phenoxy) is 1. The Labute approximate surface area is 150 Å². The largest absolute Gasteiger partial charge is 0.351 e. The van der Waals surface area contributed by atoms with Crippen molar-refractivity contribution >= 4 is 18.1 Å². The summed E-state index contributed by atoms with van der Waals surface area (Å²) < 4.78 is 28.1. The van der Waals surface area contributed by atoms with Crippen molar-refractivity contribution in [3.63, 3.8) is 0 Å². The van der Waals surface area contributed by atoms with Gasteiger partial charge in [-0.25, -0.2) is 0 Å².